The van der Waals surface area contributed by atoms with E-state index in [0.717, 1.165) is 5.56 Å². The van der Waals surface area contributed by atoms with E-state index in [1.165, 1.54) is 4.41 Å². The molecule has 0 saturated carbocycles. The predicted octanol–water partition coefficient (Wildman–Crippen LogP) is 3.83. The van der Waals surface area contributed by atoms with Crippen LogP contribution in [0.25, 0.3) is 0 Å². The fourth-order valence-corrected chi connectivity index (χ4v) is 4.53. The molecular weight excluding hydrogens is 364 g/mol. The predicted molar refractivity (Wildman–Crippen MR) is 101 cm³/mol. The van der Waals surface area contributed by atoms with Crippen molar-refractivity contribution in [2.24, 2.45) is 5.10 Å². The van der Waals surface area contributed by atoms with Crippen molar-refractivity contribution in [3.8, 4) is 5.75 Å². The van der Waals surface area contributed by atoms with Gasteiger partial charge in [-0.25, -0.2) is 0 Å². The summed E-state index contributed by atoms with van der Waals surface area (Å²) >= 11 is 0. The van der Waals surface area contributed by atoms with Gasteiger partial charge in [-0.2, -0.15) is 17.9 Å². The molecule has 27 heavy (non-hydrogen) atoms. The lowest BCUT2D eigenvalue weighted by Crippen LogP contribution is -2.27. The van der Waals surface area contributed by atoms with E-state index in [4.69, 9.17) is 9.15 Å². The molecule has 4 rings (SSSR count). The van der Waals surface area contributed by atoms with Crippen LogP contribution < -0.4 is 4.74 Å². The molecule has 0 spiro atoms. The molecule has 0 unspecified atom stereocenters. The van der Waals surface area contributed by atoms with Crippen LogP contribution in [0.2, 0.25) is 0 Å². The number of rotatable bonds is 5. The number of methoxy groups -OCH3 is 1. The number of nitrogens with zero attached hydrogens (tertiary/aromatic N) is 2. The summed E-state index contributed by atoms with van der Waals surface area (Å²) in [5.41, 5.74) is 1.43. The van der Waals surface area contributed by atoms with E-state index in [-0.39, 0.29) is 4.90 Å². The van der Waals surface area contributed by atoms with E-state index in [9.17, 15) is 8.42 Å². The smallest absolute Gasteiger partial charge is 0.279 e. The average molecular weight is 382 g/mol. The summed E-state index contributed by atoms with van der Waals surface area (Å²) in [5.74, 6) is 1.28. The lowest BCUT2D eigenvalue weighted by molar-refractivity contribution is 0.370. The van der Waals surface area contributed by atoms with Crippen LogP contribution in [-0.2, 0) is 10.0 Å². The quantitative estimate of drug-likeness (QED) is 0.672. The van der Waals surface area contributed by atoms with Crippen molar-refractivity contribution in [1.29, 1.82) is 0 Å². The summed E-state index contributed by atoms with van der Waals surface area (Å²) in [7, 11) is -2.21. The van der Waals surface area contributed by atoms with Crippen molar-refractivity contribution in [3.63, 3.8) is 0 Å². The van der Waals surface area contributed by atoms with E-state index < -0.39 is 16.1 Å². The molecule has 1 aliphatic heterocycles. The highest BCUT2D eigenvalue weighted by molar-refractivity contribution is 7.89. The first-order chi connectivity index (χ1) is 13.1. The van der Waals surface area contributed by atoms with E-state index in [2.05, 4.69) is 5.10 Å². The third-order valence-electron chi connectivity index (χ3n) is 4.47. The topological polar surface area (TPSA) is 72.1 Å². The first-order valence-corrected chi connectivity index (χ1v) is 9.88. The molecule has 0 N–H and O–H groups in total. The maximum atomic E-state index is 13.2. The Morgan fingerprint density at radius 1 is 1.04 bits per heavy atom. The average Bonchev–Trinajstić information content (AvgIpc) is 3.39. The highest BCUT2D eigenvalue weighted by atomic mass is 32.2. The van der Waals surface area contributed by atoms with E-state index in [0.29, 0.717) is 23.6 Å². The van der Waals surface area contributed by atoms with Crippen molar-refractivity contribution in [2.75, 3.05) is 7.11 Å². The molecular formula is C20H18N2O4S. The SMILES string of the molecule is COc1ccc([C@H]2CC(c3ccco3)=NN2S(=O)(=O)c2ccccc2)cc1. The monoisotopic (exact) mass is 382 g/mol. The highest BCUT2D eigenvalue weighted by Gasteiger charge is 2.38. The summed E-state index contributed by atoms with van der Waals surface area (Å²) in [6, 6.07) is 18.7. The summed E-state index contributed by atoms with van der Waals surface area (Å²) in [4.78, 5) is 0.202. The molecule has 3 aromatic rings. The first kappa shape index (κ1) is 17.4. The summed E-state index contributed by atoms with van der Waals surface area (Å²) in [6.45, 7) is 0. The highest BCUT2D eigenvalue weighted by Crippen LogP contribution is 2.37. The maximum absolute atomic E-state index is 13.2. The molecule has 1 aromatic heterocycles. The van der Waals surface area contributed by atoms with Gasteiger partial charge in [0.15, 0.2) is 0 Å². The molecule has 0 fully saturated rings. The zero-order valence-corrected chi connectivity index (χ0v) is 15.5. The van der Waals surface area contributed by atoms with Gasteiger partial charge in [0.25, 0.3) is 10.0 Å². The Labute approximate surface area is 157 Å². The van der Waals surface area contributed by atoms with Crippen LogP contribution in [0.15, 0.2) is 87.4 Å². The Morgan fingerprint density at radius 2 is 1.78 bits per heavy atom. The molecule has 1 atom stereocenters. The van der Waals surface area contributed by atoms with Crippen LogP contribution in [0.1, 0.15) is 23.8 Å². The van der Waals surface area contributed by atoms with E-state index in [1.807, 2.05) is 24.3 Å². The van der Waals surface area contributed by atoms with Crippen molar-refractivity contribution in [2.45, 2.75) is 17.4 Å². The number of furan rings is 1. The summed E-state index contributed by atoms with van der Waals surface area (Å²) in [5, 5.41) is 4.42. The van der Waals surface area contributed by atoms with Crippen LogP contribution >= 0.6 is 0 Å². The van der Waals surface area contributed by atoms with Gasteiger partial charge in [-0.3, -0.25) is 0 Å². The molecule has 138 valence electrons. The van der Waals surface area contributed by atoms with Gasteiger partial charge in [-0.05, 0) is 42.0 Å². The summed E-state index contributed by atoms with van der Waals surface area (Å²) in [6.07, 6.45) is 1.97. The molecule has 0 saturated heterocycles. The molecule has 6 nitrogen and oxygen atoms in total. The van der Waals surface area contributed by atoms with E-state index in [1.54, 1.807) is 55.8 Å². The minimum Gasteiger partial charge on any atom is -0.497 e. The van der Waals surface area contributed by atoms with Crippen molar-refractivity contribution in [3.05, 3.63) is 84.3 Å². The van der Waals surface area contributed by atoms with Gasteiger partial charge >= 0.3 is 0 Å². The Balaban J connectivity index is 1.77. The van der Waals surface area contributed by atoms with E-state index >= 15 is 0 Å². The fraction of sp³-hybridized carbons (Fsp3) is 0.150. The second-order valence-corrected chi connectivity index (χ2v) is 7.90. The van der Waals surface area contributed by atoms with Gasteiger partial charge in [0.1, 0.15) is 17.2 Å². The third-order valence-corrected chi connectivity index (χ3v) is 6.16. The molecule has 0 amide bonds. The van der Waals surface area contributed by atoms with Crippen molar-refractivity contribution in [1.82, 2.24) is 4.41 Å². The Hall–Kier alpha value is -3.06. The third kappa shape index (κ3) is 3.21. The molecule has 7 heteroatoms. The van der Waals surface area contributed by atoms with Crippen molar-refractivity contribution >= 4 is 15.7 Å². The molecule has 0 aliphatic carbocycles. The van der Waals surface area contributed by atoms with Gasteiger partial charge in [0, 0.05) is 6.42 Å². The number of hydrogen-bond donors (Lipinski definition) is 0. The minimum absolute atomic E-state index is 0.202. The zero-order chi connectivity index (χ0) is 18.9. The van der Waals surface area contributed by atoms with Crippen LogP contribution in [0.5, 0.6) is 5.75 Å². The Bertz CT molecular complexity index is 1040. The van der Waals surface area contributed by atoms with Gasteiger partial charge in [-0.15, -0.1) is 0 Å². The van der Waals surface area contributed by atoms with Gasteiger partial charge in [-0.1, -0.05) is 30.3 Å². The standard InChI is InChI=1S/C20H18N2O4S/c1-25-16-11-9-15(10-12-16)19-14-18(20-8-5-13-26-20)21-22(19)27(23,24)17-6-3-2-4-7-17/h2-13,19H,14H2,1H3/t19-/m1/s1. The Morgan fingerprint density at radius 3 is 2.41 bits per heavy atom. The van der Waals surface area contributed by atoms with Gasteiger partial charge < -0.3 is 9.15 Å². The van der Waals surface area contributed by atoms with Gasteiger partial charge in [0.2, 0.25) is 0 Å². The molecule has 0 bridgehead atoms. The minimum atomic E-state index is -3.80. The Kier molecular flexibility index (Phi) is 4.45. The fourth-order valence-electron chi connectivity index (χ4n) is 3.08. The lowest BCUT2D eigenvalue weighted by Gasteiger charge is -2.23. The number of benzene rings is 2. The van der Waals surface area contributed by atoms with Crippen molar-refractivity contribution < 1.29 is 17.6 Å². The van der Waals surface area contributed by atoms with Gasteiger partial charge in [0.05, 0.1) is 24.3 Å². The molecule has 2 aromatic carbocycles. The second kappa shape index (κ2) is 6.92. The molecule has 0 radical (unpaired) electrons. The largest absolute Gasteiger partial charge is 0.497 e. The number of ether oxygens (including phenoxy) is 1. The zero-order valence-electron chi connectivity index (χ0n) is 14.6. The molecule has 2 heterocycles. The maximum Gasteiger partial charge on any atom is 0.279 e. The number of hydrazone groups is 1. The van der Waals surface area contributed by atoms with Crippen LogP contribution in [-0.4, -0.2) is 25.7 Å². The summed E-state index contributed by atoms with van der Waals surface area (Å²) < 4.78 is 38.3. The first-order valence-electron chi connectivity index (χ1n) is 8.44. The molecule has 1 aliphatic rings. The normalized spacial score (nSPS) is 17.0. The second-order valence-electron chi connectivity index (χ2n) is 6.11. The van der Waals surface area contributed by atoms with Crippen LogP contribution in [0.4, 0.5) is 0 Å². The van der Waals surface area contributed by atoms with Crippen LogP contribution in [0.3, 0.4) is 0 Å². The number of hydrogen-bond acceptors (Lipinski definition) is 5. The van der Waals surface area contributed by atoms with Crippen LogP contribution in [0, 0.1) is 0 Å². The lowest BCUT2D eigenvalue weighted by atomic mass is 10.0. The number of sulfonamides is 1.